The summed E-state index contributed by atoms with van der Waals surface area (Å²) in [5, 5.41) is 11.7. The van der Waals surface area contributed by atoms with E-state index >= 15 is 0 Å². The highest BCUT2D eigenvalue weighted by molar-refractivity contribution is 7.98. The van der Waals surface area contributed by atoms with Gasteiger partial charge in [0, 0.05) is 43.5 Å². The Labute approximate surface area is 184 Å². The van der Waals surface area contributed by atoms with Crippen LogP contribution in [-0.2, 0) is 16.9 Å². The van der Waals surface area contributed by atoms with Gasteiger partial charge in [-0.15, -0.1) is 11.8 Å². The molecule has 0 spiro atoms. The van der Waals surface area contributed by atoms with Crippen LogP contribution in [0.4, 0.5) is 0 Å². The van der Waals surface area contributed by atoms with Crippen molar-refractivity contribution in [3.8, 4) is 0 Å². The number of amides is 1. The van der Waals surface area contributed by atoms with Crippen LogP contribution in [0.2, 0.25) is 0 Å². The first-order valence-corrected chi connectivity index (χ1v) is 12.3. The second-order valence-corrected chi connectivity index (χ2v) is 9.41. The van der Waals surface area contributed by atoms with E-state index in [4.69, 9.17) is 0 Å². The Morgan fingerprint density at radius 2 is 1.63 bits per heavy atom. The summed E-state index contributed by atoms with van der Waals surface area (Å²) in [7, 11) is 0. The zero-order valence-corrected chi connectivity index (χ0v) is 18.6. The Bertz CT molecular complexity index is 828. The molecule has 0 radical (unpaired) electrons. The highest BCUT2D eigenvalue weighted by atomic mass is 32.2. The molecular formula is C25H32N2O2S. The van der Waals surface area contributed by atoms with Gasteiger partial charge in [0.1, 0.15) is 0 Å². The summed E-state index contributed by atoms with van der Waals surface area (Å²) >= 11 is 1.76. The second-order valence-electron chi connectivity index (χ2n) is 8.53. The van der Waals surface area contributed by atoms with Crippen molar-refractivity contribution in [3.63, 3.8) is 0 Å². The van der Waals surface area contributed by atoms with Gasteiger partial charge in [-0.2, -0.15) is 0 Å². The van der Waals surface area contributed by atoms with E-state index in [1.165, 1.54) is 10.5 Å². The number of benzene rings is 2. The van der Waals surface area contributed by atoms with Crippen LogP contribution in [0.1, 0.15) is 36.8 Å². The Morgan fingerprint density at radius 1 is 1.00 bits per heavy atom. The number of rotatable bonds is 6. The lowest BCUT2D eigenvalue weighted by Gasteiger charge is -2.41. The van der Waals surface area contributed by atoms with Crippen LogP contribution in [-0.4, -0.2) is 53.2 Å². The first-order chi connectivity index (χ1) is 14.6. The van der Waals surface area contributed by atoms with E-state index in [1.807, 2.05) is 35.2 Å². The molecule has 0 bridgehead atoms. The Kier molecular flexibility index (Phi) is 6.81. The van der Waals surface area contributed by atoms with Gasteiger partial charge < -0.3 is 10.0 Å². The number of carbonyl (C=O) groups is 1. The third-order valence-electron chi connectivity index (χ3n) is 6.71. The predicted octanol–water partition coefficient (Wildman–Crippen LogP) is 4.13. The number of hydrogen-bond donors (Lipinski definition) is 1. The molecule has 1 saturated heterocycles. The summed E-state index contributed by atoms with van der Waals surface area (Å²) in [5.41, 5.74) is 0.658. The van der Waals surface area contributed by atoms with Gasteiger partial charge in [0.25, 0.3) is 5.91 Å². The zero-order chi connectivity index (χ0) is 21.0. The van der Waals surface area contributed by atoms with Crippen molar-refractivity contribution in [1.29, 1.82) is 0 Å². The lowest BCUT2D eigenvalue weighted by Crippen LogP contribution is -2.56. The van der Waals surface area contributed by atoms with Crippen LogP contribution >= 0.6 is 11.8 Å². The summed E-state index contributed by atoms with van der Waals surface area (Å²) < 4.78 is 0. The second kappa shape index (κ2) is 9.54. The average molecular weight is 425 g/mol. The van der Waals surface area contributed by atoms with Crippen LogP contribution < -0.4 is 0 Å². The van der Waals surface area contributed by atoms with Gasteiger partial charge in [0.2, 0.25) is 0 Å². The number of aliphatic hydroxyl groups is 1. The summed E-state index contributed by atoms with van der Waals surface area (Å²) in [6, 6.07) is 18.3. The molecule has 2 aromatic carbocycles. The molecule has 1 amide bonds. The van der Waals surface area contributed by atoms with Crippen LogP contribution in [0.15, 0.2) is 59.5 Å². The van der Waals surface area contributed by atoms with E-state index in [0.29, 0.717) is 13.1 Å². The van der Waals surface area contributed by atoms with Crippen LogP contribution in [0, 0.1) is 5.92 Å². The molecule has 2 aromatic rings. The number of piperazine rings is 1. The summed E-state index contributed by atoms with van der Waals surface area (Å²) in [6.07, 6.45) is 6.12. The minimum Gasteiger partial charge on any atom is -0.375 e. The lowest BCUT2D eigenvalue weighted by molar-refractivity contribution is -0.161. The van der Waals surface area contributed by atoms with E-state index in [-0.39, 0.29) is 11.8 Å². The standard InChI is InChI=1S/C25H32N2O2S/c1-30-23-13-11-20(12-14-23)19-26-15-17-27(18-16-26)24(28)25(29,22-9-5-6-10-22)21-7-3-2-4-8-21/h2-4,7-8,11-14,22,29H,5-6,9-10,15-19H2,1H3/t25-/m0/s1. The molecule has 0 unspecified atom stereocenters. The molecule has 4 rings (SSSR count). The fourth-order valence-electron chi connectivity index (χ4n) is 4.91. The van der Waals surface area contributed by atoms with Crippen molar-refractivity contribution >= 4 is 17.7 Å². The maximum Gasteiger partial charge on any atom is 0.259 e. The first kappa shape index (κ1) is 21.4. The Balaban J connectivity index is 1.42. The van der Waals surface area contributed by atoms with Crippen LogP contribution in [0.5, 0.6) is 0 Å². The molecule has 2 aliphatic rings. The van der Waals surface area contributed by atoms with E-state index in [0.717, 1.165) is 50.9 Å². The third-order valence-corrected chi connectivity index (χ3v) is 7.45. The fourth-order valence-corrected chi connectivity index (χ4v) is 5.32. The van der Waals surface area contributed by atoms with Gasteiger partial charge in [-0.05, 0) is 42.4 Å². The number of carbonyl (C=O) groups excluding carboxylic acids is 1. The van der Waals surface area contributed by atoms with Gasteiger partial charge in [-0.3, -0.25) is 9.69 Å². The highest BCUT2D eigenvalue weighted by Gasteiger charge is 2.48. The Morgan fingerprint density at radius 3 is 2.23 bits per heavy atom. The maximum atomic E-state index is 13.6. The van der Waals surface area contributed by atoms with Crippen molar-refractivity contribution in [2.24, 2.45) is 5.92 Å². The van der Waals surface area contributed by atoms with Crippen molar-refractivity contribution < 1.29 is 9.90 Å². The summed E-state index contributed by atoms with van der Waals surface area (Å²) in [5.74, 6) is -0.0926. The average Bonchev–Trinajstić information content (AvgIpc) is 3.35. The molecule has 1 N–H and O–H groups in total. The Hall–Kier alpha value is -1.82. The van der Waals surface area contributed by atoms with Crippen LogP contribution in [0.3, 0.4) is 0 Å². The highest BCUT2D eigenvalue weighted by Crippen LogP contribution is 2.42. The van der Waals surface area contributed by atoms with Gasteiger partial charge in [0.05, 0.1) is 0 Å². The van der Waals surface area contributed by atoms with Crippen molar-refractivity contribution in [2.75, 3.05) is 32.4 Å². The molecule has 30 heavy (non-hydrogen) atoms. The van der Waals surface area contributed by atoms with Gasteiger partial charge in [-0.1, -0.05) is 55.3 Å². The van der Waals surface area contributed by atoms with E-state index in [9.17, 15) is 9.90 Å². The van der Waals surface area contributed by atoms with Gasteiger partial charge in [-0.25, -0.2) is 0 Å². The van der Waals surface area contributed by atoms with E-state index < -0.39 is 5.60 Å². The molecule has 1 saturated carbocycles. The van der Waals surface area contributed by atoms with Gasteiger partial charge >= 0.3 is 0 Å². The predicted molar refractivity (Wildman–Crippen MR) is 122 cm³/mol. The minimum atomic E-state index is -1.40. The number of hydrogen-bond acceptors (Lipinski definition) is 4. The third kappa shape index (κ3) is 4.43. The molecule has 2 fully saturated rings. The quantitative estimate of drug-likeness (QED) is 0.708. The summed E-state index contributed by atoms with van der Waals surface area (Å²) in [4.78, 5) is 19.2. The molecule has 0 aromatic heterocycles. The lowest BCUT2D eigenvalue weighted by atomic mass is 9.79. The maximum absolute atomic E-state index is 13.6. The normalized spacial score (nSPS) is 20.3. The van der Waals surface area contributed by atoms with E-state index in [2.05, 4.69) is 35.4 Å². The van der Waals surface area contributed by atoms with E-state index in [1.54, 1.807) is 11.8 Å². The SMILES string of the molecule is CSc1ccc(CN2CCN(C(=O)[C@](O)(c3ccccc3)C3CCCC3)CC2)cc1. The molecule has 160 valence electrons. The largest absolute Gasteiger partial charge is 0.375 e. The first-order valence-electron chi connectivity index (χ1n) is 11.0. The van der Waals surface area contributed by atoms with Gasteiger partial charge in [0.15, 0.2) is 5.60 Å². The number of thioether (sulfide) groups is 1. The van der Waals surface area contributed by atoms with Crippen molar-refractivity contribution in [3.05, 3.63) is 65.7 Å². The fraction of sp³-hybridized carbons (Fsp3) is 0.480. The van der Waals surface area contributed by atoms with Crippen LogP contribution in [0.25, 0.3) is 0 Å². The topological polar surface area (TPSA) is 43.8 Å². The minimum absolute atomic E-state index is 0.0142. The molecule has 1 heterocycles. The molecule has 1 atom stereocenters. The zero-order valence-electron chi connectivity index (χ0n) is 17.8. The number of nitrogens with zero attached hydrogens (tertiary/aromatic N) is 2. The van der Waals surface area contributed by atoms with Crippen molar-refractivity contribution in [2.45, 2.75) is 42.7 Å². The molecular weight excluding hydrogens is 392 g/mol. The molecule has 1 aliphatic heterocycles. The molecule has 5 heteroatoms. The molecule has 4 nitrogen and oxygen atoms in total. The monoisotopic (exact) mass is 424 g/mol. The summed E-state index contributed by atoms with van der Waals surface area (Å²) in [6.45, 7) is 3.92. The smallest absolute Gasteiger partial charge is 0.259 e. The van der Waals surface area contributed by atoms with Crippen molar-refractivity contribution in [1.82, 2.24) is 9.80 Å². The molecule has 1 aliphatic carbocycles.